The van der Waals surface area contributed by atoms with Crippen molar-refractivity contribution < 1.29 is 14.7 Å². The molecule has 0 spiro atoms. The molecule has 0 rings (SSSR count). The van der Waals surface area contributed by atoms with Crippen molar-refractivity contribution in [2.24, 2.45) is 5.73 Å². The molecule has 16 heavy (non-hydrogen) atoms. The summed E-state index contributed by atoms with van der Waals surface area (Å²) in [5.74, 6) is -1.09. The summed E-state index contributed by atoms with van der Waals surface area (Å²) in [5, 5.41) is 8.50. The Bertz CT molecular complexity index is 239. The Morgan fingerprint density at radius 1 is 1.31 bits per heavy atom. The van der Waals surface area contributed by atoms with Gasteiger partial charge in [0, 0.05) is 19.5 Å². The van der Waals surface area contributed by atoms with Crippen LogP contribution < -0.4 is 5.73 Å². The Hall–Kier alpha value is -1.10. The number of carboxylic acid groups (broad SMARTS) is 1. The van der Waals surface area contributed by atoms with E-state index in [4.69, 9.17) is 10.8 Å². The van der Waals surface area contributed by atoms with Crippen LogP contribution in [0.1, 0.15) is 39.5 Å². The van der Waals surface area contributed by atoms with Crippen LogP contribution in [-0.2, 0) is 9.59 Å². The van der Waals surface area contributed by atoms with Gasteiger partial charge in [-0.2, -0.15) is 0 Å². The molecule has 0 fully saturated rings. The second-order valence-electron chi connectivity index (χ2n) is 3.96. The third kappa shape index (κ3) is 4.61. The zero-order chi connectivity index (χ0) is 12.7. The highest BCUT2D eigenvalue weighted by molar-refractivity contribution is 5.82. The number of nitrogens with two attached hydrogens (primary N) is 1. The topological polar surface area (TPSA) is 83.6 Å². The Kier molecular flexibility index (Phi) is 6.72. The predicted molar refractivity (Wildman–Crippen MR) is 62.0 cm³/mol. The first-order valence-corrected chi connectivity index (χ1v) is 5.68. The van der Waals surface area contributed by atoms with Gasteiger partial charge in [0.2, 0.25) is 5.91 Å². The molecule has 94 valence electrons. The fourth-order valence-electron chi connectivity index (χ4n) is 1.68. The number of carbonyl (C=O) groups excluding carboxylic acids is 1. The van der Waals surface area contributed by atoms with Gasteiger partial charge in [0.1, 0.15) is 0 Å². The monoisotopic (exact) mass is 230 g/mol. The molecule has 0 bridgehead atoms. The summed E-state index contributed by atoms with van der Waals surface area (Å²) in [6, 6.07) is -0.523. The summed E-state index contributed by atoms with van der Waals surface area (Å²) >= 11 is 0. The maximum Gasteiger partial charge on any atom is 0.303 e. The number of aliphatic carboxylic acids is 1. The lowest BCUT2D eigenvalue weighted by Gasteiger charge is -2.28. The van der Waals surface area contributed by atoms with Crippen LogP contribution in [0, 0.1) is 0 Å². The minimum atomic E-state index is -0.923. The van der Waals surface area contributed by atoms with E-state index in [1.165, 1.54) is 0 Å². The van der Waals surface area contributed by atoms with E-state index < -0.39 is 12.0 Å². The van der Waals surface area contributed by atoms with Gasteiger partial charge in [0.25, 0.3) is 0 Å². The molecule has 5 heteroatoms. The number of carbonyl (C=O) groups is 2. The van der Waals surface area contributed by atoms with Crippen LogP contribution in [-0.4, -0.2) is 41.0 Å². The molecule has 0 aromatic carbocycles. The summed E-state index contributed by atoms with van der Waals surface area (Å²) in [6.45, 7) is 4.03. The summed E-state index contributed by atoms with van der Waals surface area (Å²) in [6.07, 6.45) is 1.89. The molecular weight excluding hydrogens is 208 g/mol. The standard InChI is InChI=1S/C11H22N2O3/c1-4-8(5-2)13(3)11(16)9(12)6-7-10(14)15/h8-9H,4-7,12H2,1-3H3,(H,14,15). The van der Waals surface area contributed by atoms with Gasteiger partial charge in [-0.1, -0.05) is 13.8 Å². The van der Waals surface area contributed by atoms with Crippen molar-refractivity contribution in [3.05, 3.63) is 0 Å². The summed E-state index contributed by atoms with van der Waals surface area (Å²) < 4.78 is 0. The van der Waals surface area contributed by atoms with Crippen LogP contribution in [0.15, 0.2) is 0 Å². The first-order chi connectivity index (χ1) is 7.43. The van der Waals surface area contributed by atoms with Crippen LogP contribution in [0.5, 0.6) is 0 Å². The van der Waals surface area contributed by atoms with E-state index in [1.54, 1.807) is 11.9 Å². The minimum Gasteiger partial charge on any atom is -0.481 e. The lowest BCUT2D eigenvalue weighted by atomic mass is 10.1. The molecule has 1 atom stereocenters. The van der Waals surface area contributed by atoms with Crippen molar-refractivity contribution in [3.8, 4) is 0 Å². The largest absolute Gasteiger partial charge is 0.481 e. The van der Waals surface area contributed by atoms with Crippen molar-refractivity contribution in [2.75, 3.05) is 7.05 Å². The minimum absolute atomic E-state index is 0.0658. The van der Waals surface area contributed by atoms with Gasteiger partial charge in [-0.05, 0) is 19.3 Å². The number of hydrogen-bond acceptors (Lipinski definition) is 3. The van der Waals surface area contributed by atoms with E-state index in [2.05, 4.69) is 0 Å². The highest BCUT2D eigenvalue weighted by Crippen LogP contribution is 2.09. The molecule has 5 nitrogen and oxygen atoms in total. The normalized spacial score (nSPS) is 12.6. The highest BCUT2D eigenvalue weighted by atomic mass is 16.4. The summed E-state index contributed by atoms with van der Waals surface area (Å²) in [7, 11) is 1.72. The van der Waals surface area contributed by atoms with Gasteiger partial charge in [-0.3, -0.25) is 9.59 Å². The predicted octanol–water partition coefficient (Wildman–Crippen LogP) is 0.825. The zero-order valence-electron chi connectivity index (χ0n) is 10.3. The third-order valence-electron chi connectivity index (χ3n) is 2.82. The number of amides is 1. The molecule has 0 aliphatic rings. The van der Waals surface area contributed by atoms with Crippen molar-refractivity contribution in [1.82, 2.24) is 4.90 Å². The van der Waals surface area contributed by atoms with Crippen LogP contribution in [0.25, 0.3) is 0 Å². The molecule has 0 aromatic rings. The molecule has 3 N–H and O–H groups in total. The molecule has 0 aliphatic heterocycles. The molecule has 0 radical (unpaired) electrons. The van der Waals surface area contributed by atoms with E-state index in [0.29, 0.717) is 0 Å². The van der Waals surface area contributed by atoms with E-state index in [-0.39, 0.29) is 24.8 Å². The number of likely N-dealkylation sites (N-methyl/N-ethyl adjacent to an activating group) is 1. The molecular formula is C11H22N2O3. The fourth-order valence-corrected chi connectivity index (χ4v) is 1.68. The van der Waals surface area contributed by atoms with Crippen LogP contribution in [0.2, 0.25) is 0 Å². The fraction of sp³-hybridized carbons (Fsp3) is 0.818. The molecule has 0 aromatic heterocycles. The van der Waals surface area contributed by atoms with Crippen molar-refractivity contribution in [1.29, 1.82) is 0 Å². The van der Waals surface area contributed by atoms with Gasteiger partial charge in [-0.15, -0.1) is 0 Å². The summed E-state index contributed by atoms with van der Waals surface area (Å²) in [4.78, 5) is 23.8. The molecule has 1 amide bonds. The highest BCUT2D eigenvalue weighted by Gasteiger charge is 2.22. The quantitative estimate of drug-likeness (QED) is 0.678. The third-order valence-corrected chi connectivity index (χ3v) is 2.82. The molecule has 0 saturated heterocycles. The Morgan fingerprint density at radius 2 is 1.81 bits per heavy atom. The second kappa shape index (κ2) is 7.22. The Labute approximate surface area is 96.6 Å². The van der Waals surface area contributed by atoms with Gasteiger partial charge in [-0.25, -0.2) is 0 Å². The molecule has 0 aliphatic carbocycles. The number of nitrogens with zero attached hydrogens (tertiary/aromatic N) is 1. The van der Waals surface area contributed by atoms with E-state index in [1.807, 2.05) is 13.8 Å². The van der Waals surface area contributed by atoms with Crippen molar-refractivity contribution >= 4 is 11.9 Å². The maximum atomic E-state index is 11.8. The van der Waals surface area contributed by atoms with Crippen LogP contribution in [0.3, 0.4) is 0 Å². The first-order valence-electron chi connectivity index (χ1n) is 5.68. The zero-order valence-corrected chi connectivity index (χ0v) is 10.3. The van der Waals surface area contributed by atoms with E-state index in [9.17, 15) is 9.59 Å². The second-order valence-corrected chi connectivity index (χ2v) is 3.96. The van der Waals surface area contributed by atoms with E-state index in [0.717, 1.165) is 12.8 Å². The average molecular weight is 230 g/mol. The maximum absolute atomic E-state index is 11.8. The molecule has 0 heterocycles. The Balaban J connectivity index is 4.25. The molecule has 0 saturated carbocycles. The summed E-state index contributed by atoms with van der Waals surface area (Å²) in [5.41, 5.74) is 5.66. The van der Waals surface area contributed by atoms with E-state index >= 15 is 0 Å². The van der Waals surface area contributed by atoms with Gasteiger partial charge < -0.3 is 15.7 Å². The van der Waals surface area contributed by atoms with Gasteiger partial charge in [0.05, 0.1) is 6.04 Å². The van der Waals surface area contributed by atoms with Gasteiger partial charge >= 0.3 is 5.97 Å². The first kappa shape index (κ1) is 14.9. The van der Waals surface area contributed by atoms with Crippen LogP contribution >= 0.6 is 0 Å². The lowest BCUT2D eigenvalue weighted by molar-refractivity contribution is -0.137. The van der Waals surface area contributed by atoms with Crippen molar-refractivity contribution in [2.45, 2.75) is 51.6 Å². The smallest absolute Gasteiger partial charge is 0.303 e. The molecule has 1 unspecified atom stereocenters. The number of carboxylic acids is 1. The SMILES string of the molecule is CCC(CC)N(C)C(=O)C(N)CCC(=O)O. The van der Waals surface area contributed by atoms with Gasteiger partial charge in [0.15, 0.2) is 0 Å². The lowest BCUT2D eigenvalue weighted by Crippen LogP contribution is -2.46. The Morgan fingerprint density at radius 3 is 2.19 bits per heavy atom. The van der Waals surface area contributed by atoms with Crippen LogP contribution in [0.4, 0.5) is 0 Å². The van der Waals surface area contributed by atoms with Crippen molar-refractivity contribution in [3.63, 3.8) is 0 Å². The average Bonchev–Trinajstić information content (AvgIpc) is 2.26. The number of rotatable bonds is 7. The number of hydrogen-bond donors (Lipinski definition) is 2.